The summed E-state index contributed by atoms with van der Waals surface area (Å²) in [5.74, 6) is 1.13. The van der Waals surface area contributed by atoms with Gasteiger partial charge in [-0.3, -0.25) is 0 Å². The summed E-state index contributed by atoms with van der Waals surface area (Å²) in [5, 5.41) is 9.17. The number of benzene rings is 2. The normalized spacial score (nSPS) is 12.3. The Kier molecular flexibility index (Phi) is 8.55. The molecule has 2 aromatic carbocycles. The van der Waals surface area contributed by atoms with Crippen LogP contribution in [0, 0.1) is 0 Å². The molecule has 0 saturated carbocycles. The molecule has 156 valence electrons. The number of hydrogen-bond donors (Lipinski definition) is 1. The first-order valence-electron chi connectivity index (χ1n) is 9.43. The lowest BCUT2D eigenvalue weighted by Gasteiger charge is -2.13. The first-order valence-corrected chi connectivity index (χ1v) is 9.43. The van der Waals surface area contributed by atoms with Crippen molar-refractivity contribution in [2.24, 2.45) is 0 Å². The topological polar surface area (TPSA) is 74.2 Å². The Labute approximate surface area is 171 Å². The van der Waals surface area contributed by atoms with Crippen LogP contribution in [0.4, 0.5) is 0 Å². The predicted octanol–water partition coefficient (Wildman–Crippen LogP) is 4.22. The van der Waals surface area contributed by atoms with Crippen molar-refractivity contribution in [3.63, 3.8) is 0 Å². The van der Waals surface area contributed by atoms with Crippen molar-refractivity contribution in [2.45, 2.75) is 26.4 Å². The molecule has 6 heteroatoms. The van der Waals surface area contributed by atoms with Gasteiger partial charge in [0, 0.05) is 13.0 Å². The van der Waals surface area contributed by atoms with Gasteiger partial charge in [0.05, 0.1) is 14.2 Å². The van der Waals surface area contributed by atoms with E-state index in [2.05, 4.69) is 0 Å². The SMILES string of the molecule is CCO[C@@H](Cc1ccc(OC/C=C(/C)c2ccc(OC)c(OC)c2)cc1)C(=O)O. The summed E-state index contributed by atoms with van der Waals surface area (Å²) in [4.78, 5) is 11.2. The van der Waals surface area contributed by atoms with Crippen LogP contribution in [0.1, 0.15) is 25.0 Å². The Morgan fingerprint density at radius 3 is 2.34 bits per heavy atom. The summed E-state index contributed by atoms with van der Waals surface area (Å²) in [6.45, 7) is 4.57. The fraction of sp³-hybridized carbons (Fsp3) is 0.348. The third-order valence-corrected chi connectivity index (χ3v) is 4.47. The molecule has 1 atom stereocenters. The van der Waals surface area contributed by atoms with Crippen LogP contribution in [0.15, 0.2) is 48.5 Å². The van der Waals surface area contributed by atoms with E-state index in [1.807, 2.05) is 55.5 Å². The second-order valence-electron chi connectivity index (χ2n) is 6.40. The molecule has 0 fully saturated rings. The minimum absolute atomic E-state index is 0.321. The second-order valence-corrected chi connectivity index (χ2v) is 6.40. The molecule has 0 saturated heterocycles. The minimum atomic E-state index is -0.956. The van der Waals surface area contributed by atoms with Crippen LogP contribution < -0.4 is 14.2 Å². The molecule has 0 aliphatic carbocycles. The molecule has 0 heterocycles. The number of hydrogen-bond acceptors (Lipinski definition) is 5. The Hall–Kier alpha value is -2.99. The first kappa shape index (κ1) is 22.3. The number of rotatable bonds is 11. The highest BCUT2D eigenvalue weighted by molar-refractivity contribution is 5.72. The third kappa shape index (κ3) is 6.54. The predicted molar refractivity (Wildman–Crippen MR) is 112 cm³/mol. The van der Waals surface area contributed by atoms with E-state index in [0.717, 1.165) is 16.7 Å². The molecular formula is C23H28O6. The van der Waals surface area contributed by atoms with Crippen molar-refractivity contribution in [2.75, 3.05) is 27.4 Å². The van der Waals surface area contributed by atoms with Crippen molar-refractivity contribution < 1.29 is 28.8 Å². The molecule has 29 heavy (non-hydrogen) atoms. The van der Waals surface area contributed by atoms with E-state index in [9.17, 15) is 9.90 Å². The fourth-order valence-electron chi connectivity index (χ4n) is 2.82. The molecule has 0 amide bonds. The van der Waals surface area contributed by atoms with Gasteiger partial charge in [0.15, 0.2) is 17.6 Å². The van der Waals surface area contributed by atoms with E-state index in [4.69, 9.17) is 18.9 Å². The number of methoxy groups -OCH3 is 2. The van der Waals surface area contributed by atoms with Crippen molar-refractivity contribution in [3.8, 4) is 17.2 Å². The fourth-order valence-corrected chi connectivity index (χ4v) is 2.82. The Morgan fingerprint density at radius 2 is 1.76 bits per heavy atom. The van der Waals surface area contributed by atoms with Gasteiger partial charge < -0.3 is 24.1 Å². The lowest BCUT2D eigenvalue weighted by Crippen LogP contribution is -2.26. The van der Waals surface area contributed by atoms with Gasteiger partial charge in [-0.25, -0.2) is 4.79 Å². The van der Waals surface area contributed by atoms with Gasteiger partial charge in [-0.05, 0) is 60.9 Å². The number of carbonyl (C=O) groups is 1. The number of carboxylic acid groups (broad SMARTS) is 1. The highest BCUT2D eigenvalue weighted by atomic mass is 16.5. The van der Waals surface area contributed by atoms with Gasteiger partial charge in [-0.15, -0.1) is 0 Å². The average Bonchev–Trinajstić information content (AvgIpc) is 2.73. The van der Waals surface area contributed by atoms with E-state index in [1.54, 1.807) is 21.1 Å². The van der Waals surface area contributed by atoms with Crippen LogP contribution >= 0.6 is 0 Å². The van der Waals surface area contributed by atoms with Crippen molar-refractivity contribution in [3.05, 3.63) is 59.7 Å². The van der Waals surface area contributed by atoms with Crippen LogP contribution in [0.5, 0.6) is 17.2 Å². The van der Waals surface area contributed by atoms with E-state index in [-0.39, 0.29) is 0 Å². The van der Waals surface area contributed by atoms with Gasteiger partial charge in [-0.2, -0.15) is 0 Å². The molecular weight excluding hydrogens is 372 g/mol. The summed E-state index contributed by atoms with van der Waals surface area (Å²) in [7, 11) is 3.22. The molecule has 0 aliphatic rings. The maximum absolute atomic E-state index is 11.2. The first-order chi connectivity index (χ1) is 14.0. The van der Waals surface area contributed by atoms with E-state index < -0.39 is 12.1 Å². The van der Waals surface area contributed by atoms with Crippen molar-refractivity contribution >= 4 is 11.5 Å². The van der Waals surface area contributed by atoms with Gasteiger partial charge in [-0.1, -0.05) is 18.2 Å². The molecule has 0 spiro atoms. The van der Waals surface area contributed by atoms with Gasteiger partial charge in [0.1, 0.15) is 12.4 Å². The monoisotopic (exact) mass is 400 g/mol. The Balaban J connectivity index is 1.95. The van der Waals surface area contributed by atoms with E-state index >= 15 is 0 Å². The lowest BCUT2D eigenvalue weighted by atomic mass is 10.1. The summed E-state index contributed by atoms with van der Waals surface area (Å²) in [5.41, 5.74) is 2.97. The highest BCUT2D eigenvalue weighted by Gasteiger charge is 2.17. The van der Waals surface area contributed by atoms with Crippen LogP contribution in [-0.2, 0) is 16.0 Å². The third-order valence-electron chi connectivity index (χ3n) is 4.47. The van der Waals surface area contributed by atoms with Gasteiger partial charge in [0.25, 0.3) is 0 Å². The Bertz CT molecular complexity index is 826. The van der Waals surface area contributed by atoms with Gasteiger partial charge >= 0.3 is 5.97 Å². The molecule has 1 N–H and O–H groups in total. The highest BCUT2D eigenvalue weighted by Crippen LogP contribution is 2.30. The summed E-state index contributed by atoms with van der Waals surface area (Å²) < 4.78 is 21.6. The van der Waals surface area contributed by atoms with E-state index in [0.29, 0.717) is 36.9 Å². The standard InChI is InChI=1S/C23H28O6/c1-5-28-22(23(24)25)14-17-6-9-19(10-7-17)29-13-12-16(2)18-8-11-20(26-3)21(15-18)27-4/h6-12,15,22H,5,13-14H2,1-4H3,(H,24,25)/b16-12-/t22-/m0/s1. The van der Waals surface area contributed by atoms with Crippen molar-refractivity contribution in [1.82, 2.24) is 0 Å². The number of carboxylic acids is 1. The zero-order chi connectivity index (χ0) is 21.2. The maximum Gasteiger partial charge on any atom is 0.333 e. The number of ether oxygens (including phenoxy) is 4. The molecule has 2 rings (SSSR count). The molecule has 0 aromatic heterocycles. The van der Waals surface area contributed by atoms with Crippen LogP contribution in [-0.4, -0.2) is 44.6 Å². The van der Waals surface area contributed by atoms with Crippen LogP contribution in [0.25, 0.3) is 5.57 Å². The molecule has 6 nitrogen and oxygen atoms in total. The number of aliphatic carboxylic acids is 1. The largest absolute Gasteiger partial charge is 0.493 e. The number of allylic oxidation sites excluding steroid dienone is 1. The Morgan fingerprint density at radius 1 is 1.07 bits per heavy atom. The van der Waals surface area contributed by atoms with Gasteiger partial charge in [0.2, 0.25) is 0 Å². The summed E-state index contributed by atoms with van der Waals surface area (Å²) in [6, 6.07) is 13.2. The molecule has 0 bridgehead atoms. The van der Waals surface area contributed by atoms with E-state index in [1.165, 1.54) is 0 Å². The van der Waals surface area contributed by atoms with Crippen LogP contribution in [0.3, 0.4) is 0 Å². The van der Waals surface area contributed by atoms with Crippen molar-refractivity contribution in [1.29, 1.82) is 0 Å². The lowest BCUT2D eigenvalue weighted by molar-refractivity contribution is -0.149. The quantitative estimate of drug-likeness (QED) is 0.609. The molecule has 0 aliphatic heterocycles. The summed E-state index contributed by atoms with van der Waals surface area (Å²) in [6.07, 6.45) is 1.48. The second kappa shape index (κ2) is 11.1. The molecule has 0 unspecified atom stereocenters. The average molecular weight is 400 g/mol. The molecule has 2 aromatic rings. The maximum atomic E-state index is 11.2. The zero-order valence-electron chi connectivity index (χ0n) is 17.3. The zero-order valence-corrected chi connectivity index (χ0v) is 17.3. The minimum Gasteiger partial charge on any atom is -0.493 e. The smallest absolute Gasteiger partial charge is 0.333 e. The summed E-state index contributed by atoms with van der Waals surface area (Å²) >= 11 is 0. The molecule has 0 radical (unpaired) electrons. The van der Waals surface area contributed by atoms with Crippen LogP contribution in [0.2, 0.25) is 0 Å².